The van der Waals surface area contributed by atoms with Gasteiger partial charge in [-0.2, -0.15) is 0 Å². The van der Waals surface area contributed by atoms with E-state index < -0.39 is 28.5 Å². The smallest absolute Gasteiger partial charge is 0.264 e. The van der Waals surface area contributed by atoms with Crippen molar-refractivity contribution in [1.29, 1.82) is 0 Å². The highest BCUT2D eigenvalue weighted by molar-refractivity contribution is 7.92. The third kappa shape index (κ3) is 7.76. The Kier molecular flexibility index (Phi) is 10.5. The van der Waals surface area contributed by atoms with Gasteiger partial charge in [0.1, 0.15) is 12.6 Å². The van der Waals surface area contributed by atoms with Crippen LogP contribution in [0, 0.1) is 13.8 Å². The van der Waals surface area contributed by atoms with Gasteiger partial charge in [0, 0.05) is 30.1 Å². The number of aryl methyl sites for hydroxylation is 1. The fraction of sp³-hybridized carbons (Fsp3) is 0.212. The molecule has 1 atom stereocenters. The molecule has 2 amide bonds. The maximum Gasteiger partial charge on any atom is 0.264 e. The monoisotopic (exact) mass is 637 g/mol. The van der Waals surface area contributed by atoms with Gasteiger partial charge in [-0.1, -0.05) is 89.4 Å². The number of anilines is 1. The molecule has 0 radical (unpaired) electrons. The lowest BCUT2D eigenvalue weighted by Gasteiger charge is -2.34. The van der Waals surface area contributed by atoms with Gasteiger partial charge < -0.3 is 10.2 Å². The summed E-state index contributed by atoms with van der Waals surface area (Å²) in [6.45, 7) is 3.02. The second-order valence-electron chi connectivity index (χ2n) is 10.2. The first-order chi connectivity index (χ1) is 20.5. The Balaban J connectivity index is 1.82. The summed E-state index contributed by atoms with van der Waals surface area (Å²) in [7, 11) is -2.72. The Bertz CT molecular complexity index is 1700. The number of nitrogens with zero attached hydrogens (tertiary/aromatic N) is 2. The molecule has 0 fully saturated rings. The first kappa shape index (κ1) is 32.1. The molecule has 0 spiro atoms. The minimum atomic E-state index is -4.22. The minimum absolute atomic E-state index is 0.0251. The molecule has 0 bridgehead atoms. The summed E-state index contributed by atoms with van der Waals surface area (Å²) >= 11 is 12.7. The van der Waals surface area contributed by atoms with Crippen LogP contribution >= 0.6 is 23.2 Å². The van der Waals surface area contributed by atoms with Crippen LogP contribution in [0.2, 0.25) is 10.0 Å². The fourth-order valence-corrected chi connectivity index (χ4v) is 6.62. The number of halogens is 2. The average molecular weight is 639 g/mol. The van der Waals surface area contributed by atoms with Crippen LogP contribution in [0.1, 0.15) is 22.3 Å². The normalized spacial score (nSPS) is 11.9. The molecular formula is C33H33Cl2N3O4S. The Morgan fingerprint density at radius 3 is 2.14 bits per heavy atom. The first-order valence-electron chi connectivity index (χ1n) is 13.6. The van der Waals surface area contributed by atoms with Crippen LogP contribution in [0.15, 0.2) is 102 Å². The van der Waals surface area contributed by atoms with E-state index in [4.69, 9.17) is 23.2 Å². The molecule has 4 aromatic carbocycles. The molecule has 0 unspecified atom stereocenters. The number of hydrogen-bond acceptors (Lipinski definition) is 4. The molecule has 7 nitrogen and oxygen atoms in total. The Morgan fingerprint density at radius 1 is 0.837 bits per heavy atom. The molecule has 4 rings (SSSR count). The van der Waals surface area contributed by atoms with Crippen molar-refractivity contribution in [2.24, 2.45) is 0 Å². The maximum atomic E-state index is 14.4. The first-order valence-corrected chi connectivity index (χ1v) is 15.8. The van der Waals surface area contributed by atoms with E-state index in [1.54, 1.807) is 61.5 Å². The third-order valence-electron chi connectivity index (χ3n) is 7.16. The highest BCUT2D eigenvalue weighted by atomic mass is 35.5. The number of hydrogen-bond donors (Lipinski definition) is 1. The lowest BCUT2D eigenvalue weighted by molar-refractivity contribution is -0.139. The number of sulfonamides is 1. The van der Waals surface area contributed by atoms with E-state index in [1.165, 1.54) is 24.1 Å². The van der Waals surface area contributed by atoms with E-state index in [9.17, 15) is 18.0 Å². The SMILES string of the molecule is CNC(=O)[C@@H](Cc1ccccc1)N(Cc1cccc(Cl)c1)C(=O)CN(c1cccc(Cl)c1C)S(=O)(=O)c1ccc(C)cc1. The highest BCUT2D eigenvalue weighted by Crippen LogP contribution is 2.31. The summed E-state index contributed by atoms with van der Waals surface area (Å²) in [6.07, 6.45) is 0.216. The van der Waals surface area contributed by atoms with E-state index in [2.05, 4.69) is 5.32 Å². The van der Waals surface area contributed by atoms with Crippen molar-refractivity contribution in [2.45, 2.75) is 37.8 Å². The van der Waals surface area contributed by atoms with Gasteiger partial charge in [-0.15, -0.1) is 0 Å². The van der Waals surface area contributed by atoms with Crippen LogP contribution in [0.3, 0.4) is 0 Å². The van der Waals surface area contributed by atoms with Gasteiger partial charge in [0.05, 0.1) is 10.6 Å². The highest BCUT2D eigenvalue weighted by Gasteiger charge is 2.35. The molecule has 0 heterocycles. The molecule has 1 N–H and O–H groups in total. The quantitative estimate of drug-likeness (QED) is 0.212. The zero-order valence-corrected chi connectivity index (χ0v) is 26.5. The summed E-state index contributed by atoms with van der Waals surface area (Å²) < 4.78 is 29.3. The van der Waals surface area contributed by atoms with Crippen LogP contribution < -0.4 is 9.62 Å². The van der Waals surface area contributed by atoms with Gasteiger partial charge in [0.2, 0.25) is 11.8 Å². The predicted octanol–water partition coefficient (Wildman–Crippen LogP) is 6.19. The molecule has 0 saturated carbocycles. The number of amides is 2. The van der Waals surface area contributed by atoms with E-state index >= 15 is 0 Å². The van der Waals surface area contributed by atoms with Crippen molar-refractivity contribution in [3.8, 4) is 0 Å². The van der Waals surface area contributed by atoms with Crippen molar-refractivity contribution in [2.75, 3.05) is 17.9 Å². The maximum absolute atomic E-state index is 14.4. The van der Waals surface area contributed by atoms with Crippen molar-refractivity contribution in [3.63, 3.8) is 0 Å². The number of nitrogens with one attached hydrogen (secondary N) is 1. The van der Waals surface area contributed by atoms with E-state index in [1.807, 2.05) is 37.3 Å². The topological polar surface area (TPSA) is 86.8 Å². The molecule has 10 heteroatoms. The van der Waals surface area contributed by atoms with Gasteiger partial charge in [0.15, 0.2) is 0 Å². The minimum Gasteiger partial charge on any atom is -0.357 e. The van der Waals surface area contributed by atoms with Crippen molar-refractivity contribution in [1.82, 2.24) is 10.2 Å². The largest absolute Gasteiger partial charge is 0.357 e. The Labute approximate surface area is 263 Å². The standard InChI is InChI=1S/C33H33Cl2N3O4S/c1-23-15-17-28(18-16-23)43(41,42)38(30-14-8-13-29(35)24(30)2)22-32(39)37(21-26-11-7-12-27(34)19-26)31(33(40)36-3)20-25-9-5-4-6-10-25/h4-19,31H,20-22H2,1-3H3,(H,36,40)/t31-/m1/s1. The molecule has 0 aromatic heterocycles. The predicted molar refractivity (Wildman–Crippen MR) is 172 cm³/mol. The zero-order chi connectivity index (χ0) is 31.1. The van der Waals surface area contributed by atoms with Crippen LogP contribution in [-0.4, -0.2) is 44.8 Å². The molecule has 224 valence electrons. The fourth-order valence-electron chi connectivity index (χ4n) is 4.77. The number of likely N-dealkylation sites (N-methyl/N-ethyl adjacent to an activating group) is 1. The number of carbonyl (C=O) groups is 2. The summed E-state index contributed by atoms with van der Waals surface area (Å²) in [4.78, 5) is 29.2. The van der Waals surface area contributed by atoms with E-state index in [-0.39, 0.29) is 29.5 Å². The number of benzene rings is 4. The lowest BCUT2D eigenvalue weighted by atomic mass is 10.0. The zero-order valence-electron chi connectivity index (χ0n) is 24.1. The Morgan fingerprint density at radius 2 is 1.49 bits per heavy atom. The molecule has 0 aliphatic heterocycles. The molecule has 0 saturated heterocycles. The van der Waals surface area contributed by atoms with Crippen molar-refractivity contribution >= 4 is 50.7 Å². The number of rotatable bonds is 11. The van der Waals surface area contributed by atoms with Gasteiger partial charge >= 0.3 is 0 Å². The average Bonchev–Trinajstić information content (AvgIpc) is 2.99. The molecule has 0 aliphatic carbocycles. The summed E-state index contributed by atoms with van der Waals surface area (Å²) in [5.41, 5.74) is 3.19. The molecular weight excluding hydrogens is 605 g/mol. The summed E-state index contributed by atoms with van der Waals surface area (Å²) in [5.74, 6) is -0.953. The van der Waals surface area contributed by atoms with Crippen molar-refractivity contribution in [3.05, 3.63) is 129 Å². The van der Waals surface area contributed by atoms with Gasteiger partial charge in [-0.25, -0.2) is 8.42 Å². The second kappa shape index (κ2) is 14.1. The van der Waals surface area contributed by atoms with E-state index in [0.717, 1.165) is 15.4 Å². The van der Waals surface area contributed by atoms with Crippen LogP contribution in [0.5, 0.6) is 0 Å². The van der Waals surface area contributed by atoms with Gasteiger partial charge in [-0.3, -0.25) is 13.9 Å². The van der Waals surface area contributed by atoms with Crippen molar-refractivity contribution < 1.29 is 18.0 Å². The van der Waals surface area contributed by atoms with Gasteiger partial charge in [0.25, 0.3) is 10.0 Å². The second-order valence-corrected chi connectivity index (χ2v) is 12.9. The Hall–Kier alpha value is -3.85. The van der Waals surface area contributed by atoms with Crippen LogP contribution in [0.25, 0.3) is 0 Å². The molecule has 0 aliphatic rings. The summed E-state index contributed by atoms with van der Waals surface area (Å²) in [6, 6.07) is 26.7. The molecule has 43 heavy (non-hydrogen) atoms. The van der Waals surface area contributed by atoms with Gasteiger partial charge in [-0.05, 0) is 66.9 Å². The third-order valence-corrected chi connectivity index (χ3v) is 9.57. The summed E-state index contributed by atoms with van der Waals surface area (Å²) in [5, 5.41) is 3.51. The van der Waals surface area contributed by atoms with Crippen LogP contribution in [-0.2, 0) is 32.6 Å². The van der Waals surface area contributed by atoms with Crippen LogP contribution in [0.4, 0.5) is 5.69 Å². The number of carbonyl (C=O) groups excluding carboxylic acids is 2. The lowest BCUT2D eigenvalue weighted by Crippen LogP contribution is -2.53. The van der Waals surface area contributed by atoms with E-state index in [0.29, 0.717) is 21.2 Å². The molecule has 4 aromatic rings.